The lowest BCUT2D eigenvalue weighted by molar-refractivity contribution is 0.482. The first-order chi connectivity index (χ1) is 10.1. The van der Waals surface area contributed by atoms with Crippen LogP contribution in [0.4, 0.5) is 5.69 Å². The summed E-state index contributed by atoms with van der Waals surface area (Å²) < 4.78 is 28.8. The third-order valence-electron chi connectivity index (χ3n) is 3.46. The third-order valence-corrected chi connectivity index (χ3v) is 4.99. The lowest BCUT2D eigenvalue weighted by Crippen LogP contribution is -2.33. The number of aryl methyl sites for hydroxylation is 1. The summed E-state index contributed by atoms with van der Waals surface area (Å²) >= 11 is 0. The van der Waals surface area contributed by atoms with Crippen LogP contribution in [-0.2, 0) is 16.6 Å². The predicted molar refractivity (Wildman–Crippen MR) is 85.1 cm³/mol. The van der Waals surface area contributed by atoms with E-state index in [0.717, 1.165) is 30.4 Å². The van der Waals surface area contributed by atoms with Gasteiger partial charge in [0, 0.05) is 18.7 Å². The number of hydrogen-bond donors (Lipinski definition) is 2. The van der Waals surface area contributed by atoms with Crippen molar-refractivity contribution in [1.29, 1.82) is 0 Å². The predicted octanol–water partition coefficient (Wildman–Crippen LogP) is 1.31. The van der Waals surface area contributed by atoms with Gasteiger partial charge in [0.1, 0.15) is 0 Å². The minimum absolute atomic E-state index is 0.310. The first-order valence-corrected chi connectivity index (χ1v) is 8.60. The molecule has 0 unspecified atom stereocenters. The van der Waals surface area contributed by atoms with E-state index < -0.39 is 10.2 Å². The van der Waals surface area contributed by atoms with Crippen molar-refractivity contribution in [3.8, 4) is 11.8 Å². The number of nitrogens with zero attached hydrogens (tertiary/aromatic N) is 1. The van der Waals surface area contributed by atoms with E-state index >= 15 is 0 Å². The molecule has 6 heteroatoms. The molecule has 1 aliphatic heterocycles. The van der Waals surface area contributed by atoms with Gasteiger partial charge < -0.3 is 5.73 Å². The van der Waals surface area contributed by atoms with Gasteiger partial charge in [-0.2, -0.15) is 12.7 Å². The van der Waals surface area contributed by atoms with Crippen molar-refractivity contribution in [3.05, 3.63) is 29.3 Å². The molecule has 1 aromatic rings. The summed E-state index contributed by atoms with van der Waals surface area (Å²) in [6, 6.07) is 5.49. The maximum absolute atomic E-state index is 12.3. The number of hydrogen-bond acceptors (Lipinski definition) is 3. The Hall–Kier alpha value is -1.55. The largest absolute Gasteiger partial charge is 0.320 e. The summed E-state index contributed by atoms with van der Waals surface area (Å²) in [4.78, 5) is 0. The van der Waals surface area contributed by atoms with E-state index in [-0.39, 0.29) is 0 Å². The van der Waals surface area contributed by atoms with Crippen LogP contribution < -0.4 is 10.5 Å². The van der Waals surface area contributed by atoms with Crippen LogP contribution in [-0.4, -0.2) is 32.4 Å². The smallest absolute Gasteiger partial charge is 0.301 e. The number of nitrogens with two attached hydrogens (primary N) is 1. The molecule has 5 nitrogen and oxygen atoms in total. The Kier molecular flexibility index (Phi) is 5.23. The minimum atomic E-state index is -3.45. The zero-order valence-electron chi connectivity index (χ0n) is 12.2. The summed E-state index contributed by atoms with van der Waals surface area (Å²) in [6.45, 7) is 3.49. The van der Waals surface area contributed by atoms with Gasteiger partial charge in [0.05, 0.1) is 12.2 Å². The third kappa shape index (κ3) is 3.97. The Balaban J connectivity index is 2.23. The van der Waals surface area contributed by atoms with Crippen LogP contribution >= 0.6 is 0 Å². The number of rotatable bonds is 4. The fourth-order valence-electron chi connectivity index (χ4n) is 2.35. The molecular weight excluding hydrogens is 286 g/mol. The van der Waals surface area contributed by atoms with Crippen molar-refractivity contribution < 1.29 is 8.42 Å². The van der Waals surface area contributed by atoms with E-state index in [1.54, 1.807) is 6.07 Å². The highest BCUT2D eigenvalue weighted by molar-refractivity contribution is 7.90. The number of anilines is 1. The molecule has 2 rings (SSSR count). The van der Waals surface area contributed by atoms with Gasteiger partial charge in [-0.05, 0) is 43.0 Å². The molecule has 0 aliphatic carbocycles. The van der Waals surface area contributed by atoms with Gasteiger partial charge in [-0.3, -0.25) is 4.72 Å². The van der Waals surface area contributed by atoms with Gasteiger partial charge >= 0.3 is 10.2 Å². The Morgan fingerprint density at radius 2 is 2.05 bits per heavy atom. The zero-order valence-corrected chi connectivity index (χ0v) is 13.0. The standard InChI is InChI=1S/C15H21N3O2S/c1-2-14-12-13(6-5-9-16)7-8-15(14)17-21(19,20)18-10-3-4-11-18/h7-8,12,17H,2-4,9-11,16H2,1H3. The van der Waals surface area contributed by atoms with Crippen LogP contribution in [0.1, 0.15) is 30.9 Å². The van der Waals surface area contributed by atoms with Crippen LogP contribution in [0.25, 0.3) is 0 Å². The van der Waals surface area contributed by atoms with Crippen molar-refractivity contribution in [2.24, 2.45) is 5.73 Å². The van der Waals surface area contributed by atoms with Crippen LogP contribution in [0, 0.1) is 11.8 Å². The van der Waals surface area contributed by atoms with Crippen LogP contribution in [0.3, 0.4) is 0 Å². The fourth-order valence-corrected chi connectivity index (χ4v) is 3.69. The first kappa shape index (κ1) is 15.8. The van der Waals surface area contributed by atoms with Crippen LogP contribution in [0.15, 0.2) is 18.2 Å². The van der Waals surface area contributed by atoms with Crippen LogP contribution in [0.5, 0.6) is 0 Å². The second kappa shape index (κ2) is 6.94. The molecule has 3 N–H and O–H groups in total. The molecule has 1 saturated heterocycles. The molecule has 0 atom stereocenters. The summed E-state index contributed by atoms with van der Waals surface area (Å²) in [7, 11) is -3.45. The normalized spacial score (nSPS) is 15.5. The number of nitrogens with one attached hydrogen (secondary N) is 1. The summed E-state index contributed by atoms with van der Waals surface area (Å²) in [6.07, 6.45) is 2.58. The maximum Gasteiger partial charge on any atom is 0.301 e. The molecule has 1 heterocycles. The van der Waals surface area contributed by atoms with Crippen molar-refractivity contribution in [3.63, 3.8) is 0 Å². The molecule has 1 aliphatic rings. The van der Waals surface area contributed by atoms with Crippen molar-refractivity contribution in [1.82, 2.24) is 4.31 Å². The topological polar surface area (TPSA) is 75.4 Å². The molecule has 21 heavy (non-hydrogen) atoms. The average Bonchev–Trinajstić information content (AvgIpc) is 3.01. The van der Waals surface area contributed by atoms with E-state index in [9.17, 15) is 8.42 Å². The molecule has 1 aromatic carbocycles. The van der Waals surface area contributed by atoms with Gasteiger partial charge in [-0.15, -0.1) is 0 Å². The molecule has 114 valence electrons. The zero-order chi connectivity index (χ0) is 15.3. The lowest BCUT2D eigenvalue weighted by Gasteiger charge is -2.18. The van der Waals surface area contributed by atoms with Crippen molar-refractivity contribution in [2.75, 3.05) is 24.4 Å². The SMILES string of the molecule is CCc1cc(C#CCN)ccc1NS(=O)(=O)N1CCCC1. The average molecular weight is 307 g/mol. The molecule has 0 amide bonds. The van der Waals surface area contributed by atoms with E-state index in [4.69, 9.17) is 5.73 Å². The monoisotopic (exact) mass is 307 g/mol. The summed E-state index contributed by atoms with van der Waals surface area (Å²) in [5, 5.41) is 0. The summed E-state index contributed by atoms with van der Waals surface area (Å²) in [5.41, 5.74) is 7.77. The Bertz CT molecular complexity index is 653. The fraction of sp³-hybridized carbons (Fsp3) is 0.467. The number of benzene rings is 1. The van der Waals surface area contributed by atoms with E-state index in [1.165, 1.54) is 4.31 Å². The highest BCUT2D eigenvalue weighted by atomic mass is 32.2. The molecule has 0 saturated carbocycles. The van der Waals surface area contributed by atoms with Gasteiger partial charge in [0.25, 0.3) is 0 Å². The van der Waals surface area contributed by atoms with E-state index in [0.29, 0.717) is 25.3 Å². The second-order valence-corrected chi connectivity index (χ2v) is 6.62. The van der Waals surface area contributed by atoms with Gasteiger partial charge in [-0.1, -0.05) is 18.8 Å². The molecular formula is C15H21N3O2S. The van der Waals surface area contributed by atoms with Gasteiger partial charge in [-0.25, -0.2) is 0 Å². The summed E-state index contributed by atoms with van der Waals surface area (Å²) in [5.74, 6) is 5.76. The minimum Gasteiger partial charge on any atom is -0.320 e. The Labute approximate surface area is 126 Å². The van der Waals surface area contributed by atoms with E-state index in [1.807, 2.05) is 19.1 Å². The highest BCUT2D eigenvalue weighted by Gasteiger charge is 2.25. The van der Waals surface area contributed by atoms with E-state index in [2.05, 4.69) is 16.6 Å². The quantitative estimate of drug-likeness (QED) is 0.824. The second-order valence-electron chi connectivity index (χ2n) is 4.94. The molecule has 0 radical (unpaired) electrons. The van der Waals surface area contributed by atoms with Crippen molar-refractivity contribution in [2.45, 2.75) is 26.2 Å². The Morgan fingerprint density at radius 3 is 2.67 bits per heavy atom. The van der Waals surface area contributed by atoms with Gasteiger partial charge in [0.15, 0.2) is 0 Å². The Morgan fingerprint density at radius 1 is 1.33 bits per heavy atom. The van der Waals surface area contributed by atoms with Gasteiger partial charge in [0.2, 0.25) is 0 Å². The maximum atomic E-state index is 12.3. The lowest BCUT2D eigenvalue weighted by atomic mass is 10.1. The highest BCUT2D eigenvalue weighted by Crippen LogP contribution is 2.22. The molecule has 0 bridgehead atoms. The van der Waals surface area contributed by atoms with Crippen LogP contribution in [0.2, 0.25) is 0 Å². The van der Waals surface area contributed by atoms with Crippen molar-refractivity contribution >= 4 is 15.9 Å². The molecule has 0 spiro atoms. The first-order valence-electron chi connectivity index (χ1n) is 7.16. The molecule has 0 aromatic heterocycles. The molecule has 1 fully saturated rings.